The first-order valence-electron chi connectivity index (χ1n) is 7.41. The van der Waals surface area contributed by atoms with Crippen molar-refractivity contribution < 1.29 is 4.79 Å². The Hall–Kier alpha value is -2.51. The van der Waals surface area contributed by atoms with Crippen molar-refractivity contribution in [3.8, 4) is 10.6 Å². The van der Waals surface area contributed by atoms with Gasteiger partial charge >= 0.3 is 0 Å². The van der Waals surface area contributed by atoms with Crippen molar-refractivity contribution in [2.75, 3.05) is 0 Å². The van der Waals surface area contributed by atoms with Gasteiger partial charge in [0.15, 0.2) is 4.96 Å². The molecule has 4 rings (SSSR count). The molecule has 0 spiro atoms. The second kappa shape index (κ2) is 6.18. The molecule has 3 heterocycles. The molecule has 0 bridgehead atoms. The summed E-state index contributed by atoms with van der Waals surface area (Å²) in [5.74, 6) is -0.180. The van der Waals surface area contributed by atoms with E-state index in [1.165, 1.54) is 16.9 Å². The summed E-state index contributed by atoms with van der Waals surface area (Å²) < 4.78 is 1.95. The molecule has 0 aliphatic heterocycles. The van der Waals surface area contributed by atoms with Crippen LogP contribution in [0.4, 0.5) is 0 Å². The number of amides is 1. The van der Waals surface area contributed by atoms with E-state index >= 15 is 0 Å². The molecule has 0 unspecified atom stereocenters. The van der Waals surface area contributed by atoms with Crippen LogP contribution in [0.25, 0.3) is 15.5 Å². The summed E-state index contributed by atoms with van der Waals surface area (Å²) in [5, 5.41) is 7.49. The molecule has 0 aliphatic carbocycles. The number of aromatic nitrogens is 3. The van der Waals surface area contributed by atoms with Gasteiger partial charge in [0.1, 0.15) is 10.7 Å². The maximum atomic E-state index is 12.3. The van der Waals surface area contributed by atoms with Gasteiger partial charge in [-0.25, -0.2) is 9.97 Å². The van der Waals surface area contributed by atoms with Gasteiger partial charge in [-0.3, -0.25) is 9.20 Å². The fraction of sp³-hybridized carbons (Fsp3) is 0.118. The molecule has 120 valence electrons. The molecule has 4 aromatic rings. The molecule has 0 atom stereocenters. The second-order valence-corrected chi connectivity index (χ2v) is 7.14. The van der Waals surface area contributed by atoms with Crippen molar-refractivity contribution in [3.63, 3.8) is 0 Å². The number of nitrogens with zero attached hydrogens (tertiary/aromatic N) is 3. The summed E-state index contributed by atoms with van der Waals surface area (Å²) in [4.78, 5) is 22.1. The summed E-state index contributed by atoms with van der Waals surface area (Å²) in [6.07, 6.45) is 3.87. The van der Waals surface area contributed by atoms with E-state index in [-0.39, 0.29) is 5.91 Å². The minimum atomic E-state index is -0.180. The smallest absolute Gasteiger partial charge is 0.271 e. The van der Waals surface area contributed by atoms with Gasteiger partial charge in [-0.1, -0.05) is 29.8 Å². The molecule has 1 amide bonds. The van der Waals surface area contributed by atoms with Gasteiger partial charge in [0.05, 0.1) is 12.2 Å². The lowest BCUT2D eigenvalue weighted by Gasteiger charge is -2.00. The van der Waals surface area contributed by atoms with E-state index in [0.29, 0.717) is 12.2 Å². The summed E-state index contributed by atoms with van der Waals surface area (Å²) in [6.45, 7) is 2.44. The molecule has 3 aromatic heterocycles. The topological polar surface area (TPSA) is 59.3 Å². The summed E-state index contributed by atoms with van der Waals surface area (Å²) in [5.41, 5.74) is 3.51. The first-order valence-corrected chi connectivity index (χ1v) is 9.17. The molecule has 24 heavy (non-hydrogen) atoms. The van der Waals surface area contributed by atoms with Crippen molar-refractivity contribution in [1.82, 2.24) is 19.7 Å². The van der Waals surface area contributed by atoms with Crippen LogP contribution in [0.3, 0.4) is 0 Å². The standard InChI is InChI=1S/C17H14N4OS2/c1-11-2-4-12(5-3-11)16-20-14(10-24-16)15(22)18-8-13-9-21-6-7-23-17(21)19-13/h2-7,9-10H,8H2,1H3,(H,18,22). The van der Waals surface area contributed by atoms with Gasteiger partial charge in [-0.15, -0.1) is 22.7 Å². The maximum absolute atomic E-state index is 12.3. The number of hydrogen-bond donors (Lipinski definition) is 1. The Morgan fingerprint density at radius 2 is 2.04 bits per heavy atom. The summed E-state index contributed by atoms with van der Waals surface area (Å²) >= 11 is 3.04. The number of carbonyl (C=O) groups is 1. The molecule has 0 aliphatic rings. The largest absolute Gasteiger partial charge is 0.345 e. The fourth-order valence-corrected chi connectivity index (χ4v) is 3.85. The third kappa shape index (κ3) is 2.95. The number of hydrogen-bond acceptors (Lipinski definition) is 5. The highest BCUT2D eigenvalue weighted by atomic mass is 32.1. The molecule has 7 heteroatoms. The predicted molar refractivity (Wildman–Crippen MR) is 96.5 cm³/mol. The van der Waals surface area contributed by atoms with Gasteiger partial charge in [0, 0.05) is 28.7 Å². The highest BCUT2D eigenvalue weighted by Crippen LogP contribution is 2.24. The zero-order valence-corrected chi connectivity index (χ0v) is 14.5. The zero-order valence-electron chi connectivity index (χ0n) is 12.9. The van der Waals surface area contributed by atoms with Crippen LogP contribution in [0.1, 0.15) is 21.7 Å². The number of benzene rings is 1. The summed E-state index contributed by atoms with van der Waals surface area (Å²) in [7, 11) is 0. The van der Waals surface area contributed by atoms with Crippen molar-refractivity contribution in [2.24, 2.45) is 0 Å². The van der Waals surface area contributed by atoms with Crippen LogP contribution in [-0.2, 0) is 6.54 Å². The number of rotatable bonds is 4. The predicted octanol–water partition coefficient (Wildman–Crippen LogP) is 3.76. The quantitative estimate of drug-likeness (QED) is 0.607. The highest BCUT2D eigenvalue weighted by Gasteiger charge is 2.12. The molecule has 0 saturated heterocycles. The SMILES string of the molecule is Cc1ccc(-c2nc(C(=O)NCc3cn4ccsc4n3)cs2)cc1. The molecule has 0 radical (unpaired) electrons. The minimum absolute atomic E-state index is 0.180. The third-order valence-corrected chi connectivity index (χ3v) is 5.27. The number of aryl methyl sites for hydroxylation is 1. The molecule has 0 saturated carbocycles. The van der Waals surface area contributed by atoms with Crippen LogP contribution >= 0.6 is 22.7 Å². The van der Waals surface area contributed by atoms with Gasteiger partial charge in [0.2, 0.25) is 0 Å². The maximum Gasteiger partial charge on any atom is 0.271 e. The Kier molecular flexibility index (Phi) is 3.87. The average molecular weight is 354 g/mol. The normalized spacial score (nSPS) is 11.0. The Morgan fingerprint density at radius 3 is 2.83 bits per heavy atom. The first kappa shape index (κ1) is 15.0. The van der Waals surface area contributed by atoms with Crippen molar-refractivity contribution in [1.29, 1.82) is 0 Å². The Bertz CT molecular complexity index is 969. The molecular weight excluding hydrogens is 340 g/mol. The van der Waals surface area contributed by atoms with Crippen molar-refractivity contribution >= 4 is 33.5 Å². The minimum Gasteiger partial charge on any atom is -0.345 e. The van der Waals surface area contributed by atoms with Crippen LogP contribution < -0.4 is 5.32 Å². The second-order valence-electron chi connectivity index (χ2n) is 5.41. The monoisotopic (exact) mass is 354 g/mol. The van der Waals surface area contributed by atoms with E-state index in [2.05, 4.69) is 15.3 Å². The lowest BCUT2D eigenvalue weighted by Crippen LogP contribution is -2.23. The number of fused-ring (bicyclic) bond motifs is 1. The molecule has 0 fully saturated rings. The average Bonchev–Trinajstić information content (AvgIpc) is 3.29. The van der Waals surface area contributed by atoms with Crippen LogP contribution in [0, 0.1) is 6.92 Å². The van der Waals surface area contributed by atoms with Crippen LogP contribution in [0.5, 0.6) is 0 Å². The van der Waals surface area contributed by atoms with E-state index in [9.17, 15) is 4.79 Å². The number of imidazole rings is 1. The lowest BCUT2D eigenvalue weighted by molar-refractivity contribution is 0.0946. The van der Waals surface area contributed by atoms with E-state index in [0.717, 1.165) is 21.2 Å². The van der Waals surface area contributed by atoms with Gasteiger partial charge < -0.3 is 5.32 Å². The van der Waals surface area contributed by atoms with Crippen LogP contribution in [0.2, 0.25) is 0 Å². The van der Waals surface area contributed by atoms with Crippen LogP contribution in [-0.4, -0.2) is 20.3 Å². The van der Waals surface area contributed by atoms with Gasteiger partial charge in [-0.05, 0) is 6.92 Å². The van der Waals surface area contributed by atoms with Gasteiger partial charge in [0.25, 0.3) is 5.91 Å². The number of carbonyl (C=O) groups excluding carboxylic acids is 1. The molecule has 5 nitrogen and oxygen atoms in total. The van der Waals surface area contributed by atoms with E-state index < -0.39 is 0 Å². The van der Waals surface area contributed by atoms with Crippen molar-refractivity contribution in [3.05, 3.63) is 64.4 Å². The summed E-state index contributed by atoms with van der Waals surface area (Å²) in [6, 6.07) is 8.13. The van der Waals surface area contributed by atoms with Gasteiger partial charge in [-0.2, -0.15) is 0 Å². The number of nitrogens with one attached hydrogen (secondary N) is 1. The zero-order chi connectivity index (χ0) is 16.5. The van der Waals surface area contributed by atoms with E-state index in [1.807, 2.05) is 53.4 Å². The Labute approximate surface area is 146 Å². The Balaban J connectivity index is 1.44. The Morgan fingerprint density at radius 1 is 1.21 bits per heavy atom. The number of thiazole rings is 2. The van der Waals surface area contributed by atoms with Crippen LogP contribution in [0.15, 0.2) is 47.4 Å². The molecule has 1 aromatic carbocycles. The fourth-order valence-electron chi connectivity index (χ4n) is 2.33. The first-order chi connectivity index (χ1) is 11.7. The third-order valence-electron chi connectivity index (χ3n) is 3.61. The lowest BCUT2D eigenvalue weighted by atomic mass is 10.2. The van der Waals surface area contributed by atoms with E-state index in [4.69, 9.17) is 0 Å². The highest BCUT2D eigenvalue weighted by molar-refractivity contribution is 7.15. The molecule has 1 N–H and O–H groups in total. The van der Waals surface area contributed by atoms with Crippen molar-refractivity contribution in [2.45, 2.75) is 13.5 Å². The van der Waals surface area contributed by atoms with E-state index in [1.54, 1.807) is 16.7 Å². The molecular formula is C17H14N4OS2.